The van der Waals surface area contributed by atoms with Crippen LogP contribution in [0.4, 0.5) is 5.69 Å². The van der Waals surface area contributed by atoms with Gasteiger partial charge in [-0.3, -0.25) is 14.5 Å². The van der Waals surface area contributed by atoms with Gasteiger partial charge in [-0.25, -0.2) is 0 Å². The van der Waals surface area contributed by atoms with Crippen molar-refractivity contribution in [1.29, 1.82) is 5.26 Å². The molecule has 7 nitrogen and oxygen atoms in total. The van der Waals surface area contributed by atoms with E-state index in [1.165, 1.54) is 0 Å². The second kappa shape index (κ2) is 7.72. The summed E-state index contributed by atoms with van der Waals surface area (Å²) in [5.41, 5.74) is 0.759. The van der Waals surface area contributed by atoms with Gasteiger partial charge in [0.2, 0.25) is 5.91 Å². The number of benzene rings is 1. The van der Waals surface area contributed by atoms with E-state index in [9.17, 15) is 14.7 Å². The summed E-state index contributed by atoms with van der Waals surface area (Å²) in [7, 11) is 1.98. The molecule has 1 aromatic carbocycles. The van der Waals surface area contributed by atoms with Crippen LogP contribution in [0.5, 0.6) is 0 Å². The number of carboxylic acid groups (broad SMARTS) is 1. The summed E-state index contributed by atoms with van der Waals surface area (Å²) in [5, 5.41) is 21.1. The smallest absolute Gasteiger partial charge is 0.321 e. The molecule has 0 spiro atoms. The Bertz CT molecular complexity index is 618. The number of rotatable bonds is 5. The van der Waals surface area contributed by atoms with Crippen molar-refractivity contribution in [3.8, 4) is 6.07 Å². The highest BCUT2D eigenvalue weighted by molar-refractivity contribution is 5.95. The van der Waals surface area contributed by atoms with Gasteiger partial charge in [-0.15, -0.1) is 0 Å². The van der Waals surface area contributed by atoms with Gasteiger partial charge in [0.15, 0.2) is 0 Å². The fourth-order valence-electron chi connectivity index (χ4n) is 2.57. The summed E-state index contributed by atoms with van der Waals surface area (Å²) in [4.78, 5) is 27.6. The van der Waals surface area contributed by atoms with E-state index < -0.39 is 17.9 Å². The number of nitriles is 1. The quantitative estimate of drug-likeness (QED) is 0.825. The zero-order valence-electron chi connectivity index (χ0n) is 13.0. The van der Waals surface area contributed by atoms with Gasteiger partial charge in [-0.2, -0.15) is 5.26 Å². The molecule has 2 rings (SSSR count). The van der Waals surface area contributed by atoms with Crippen LogP contribution in [0.3, 0.4) is 0 Å². The predicted molar refractivity (Wildman–Crippen MR) is 84.9 cm³/mol. The van der Waals surface area contributed by atoms with Crippen molar-refractivity contribution in [3.63, 3.8) is 0 Å². The van der Waals surface area contributed by atoms with Gasteiger partial charge in [0.25, 0.3) is 0 Å². The lowest BCUT2D eigenvalue weighted by Gasteiger charge is -2.35. The molecular formula is C16H20N4O3. The highest BCUT2D eigenvalue weighted by Gasteiger charge is 2.30. The standard InChI is InChI=1S/C16H20N4O3/c1-19-6-8-20(9-7-19)14(16(22)23)10-15(21)18-13-5-3-2-4-12(13)11-17/h2-5,14H,6-10H2,1H3,(H,18,21)(H,22,23)/t14-/m1/s1. The lowest BCUT2D eigenvalue weighted by molar-refractivity contribution is -0.145. The minimum Gasteiger partial charge on any atom is -0.480 e. The van der Waals surface area contributed by atoms with E-state index in [4.69, 9.17) is 5.26 Å². The molecule has 23 heavy (non-hydrogen) atoms. The molecule has 1 atom stereocenters. The maximum Gasteiger partial charge on any atom is 0.321 e. The molecule has 1 saturated heterocycles. The van der Waals surface area contributed by atoms with Gasteiger partial charge in [-0.05, 0) is 19.2 Å². The van der Waals surface area contributed by atoms with Crippen LogP contribution >= 0.6 is 0 Å². The maximum atomic E-state index is 12.2. The zero-order valence-corrected chi connectivity index (χ0v) is 13.0. The summed E-state index contributed by atoms with van der Waals surface area (Å²) < 4.78 is 0. The van der Waals surface area contributed by atoms with Crippen LogP contribution in [0.1, 0.15) is 12.0 Å². The van der Waals surface area contributed by atoms with Crippen molar-refractivity contribution in [2.24, 2.45) is 0 Å². The minimum absolute atomic E-state index is 0.140. The van der Waals surface area contributed by atoms with E-state index in [1.807, 2.05) is 18.0 Å². The van der Waals surface area contributed by atoms with Crippen LogP contribution in [0.2, 0.25) is 0 Å². The fraction of sp³-hybridized carbons (Fsp3) is 0.438. The van der Waals surface area contributed by atoms with Crippen molar-refractivity contribution >= 4 is 17.6 Å². The fourth-order valence-corrected chi connectivity index (χ4v) is 2.57. The largest absolute Gasteiger partial charge is 0.480 e. The Balaban J connectivity index is 2.01. The van der Waals surface area contributed by atoms with Gasteiger partial charge >= 0.3 is 5.97 Å². The summed E-state index contributed by atoms with van der Waals surface area (Å²) >= 11 is 0. The molecule has 1 heterocycles. The Morgan fingerprint density at radius 3 is 2.57 bits per heavy atom. The first-order valence-corrected chi connectivity index (χ1v) is 7.45. The van der Waals surface area contributed by atoms with Crippen LogP contribution in [0.15, 0.2) is 24.3 Å². The molecule has 122 valence electrons. The second-order valence-electron chi connectivity index (χ2n) is 5.60. The Hall–Kier alpha value is -2.43. The molecule has 0 aliphatic carbocycles. The van der Waals surface area contributed by atoms with Crippen LogP contribution in [0.25, 0.3) is 0 Å². The van der Waals surface area contributed by atoms with Crippen LogP contribution in [-0.2, 0) is 9.59 Å². The molecule has 0 saturated carbocycles. The van der Waals surface area contributed by atoms with Gasteiger partial charge in [0.1, 0.15) is 12.1 Å². The van der Waals surface area contributed by atoms with E-state index in [2.05, 4.69) is 10.2 Å². The number of nitrogens with one attached hydrogen (secondary N) is 1. The third-order valence-corrected chi connectivity index (χ3v) is 3.96. The van der Waals surface area contributed by atoms with Gasteiger partial charge in [0.05, 0.1) is 17.7 Å². The Morgan fingerprint density at radius 1 is 1.30 bits per heavy atom. The molecule has 2 N–H and O–H groups in total. The molecular weight excluding hydrogens is 296 g/mol. The minimum atomic E-state index is -1.00. The average molecular weight is 316 g/mol. The monoisotopic (exact) mass is 316 g/mol. The molecule has 1 amide bonds. The van der Waals surface area contributed by atoms with E-state index in [1.54, 1.807) is 24.3 Å². The molecule has 0 bridgehead atoms. The molecule has 1 aliphatic rings. The number of piperazine rings is 1. The molecule has 7 heteroatoms. The first-order valence-electron chi connectivity index (χ1n) is 7.45. The lowest BCUT2D eigenvalue weighted by Crippen LogP contribution is -2.52. The first-order chi connectivity index (χ1) is 11.0. The van der Waals surface area contributed by atoms with Gasteiger partial charge in [0, 0.05) is 26.2 Å². The molecule has 1 fully saturated rings. The molecule has 0 unspecified atom stereocenters. The molecule has 1 aromatic rings. The highest BCUT2D eigenvalue weighted by atomic mass is 16.4. The Morgan fingerprint density at radius 2 is 1.96 bits per heavy atom. The third kappa shape index (κ3) is 4.52. The number of carboxylic acids is 1. The van der Waals surface area contributed by atoms with Crippen LogP contribution < -0.4 is 5.32 Å². The zero-order chi connectivity index (χ0) is 16.8. The number of para-hydroxylation sites is 1. The number of amides is 1. The molecule has 0 aromatic heterocycles. The number of carbonyl (C=O) groups is 2. The maximum absolute atomic E-state index is 12.2. The second-order valence-corrected chi connectivity index (χ2v) is 5.60. The summed E-state index contributed by atoms with van der Waals surface area (Å²) in [6.07, 6.45) is -0.140. The number of nitrogens with zero attached hydrogens (tertiary/aromatic N) is 3. The SMILES string of the molecule is CN1CCN([C@H](CC(=O)Nc2ccccc2C#N)C(=O)O)CC1. The molecule has 0 radical (unpaired) electrons. The van der Waals surface area contributed by atoms with Gasteiger partial charge in [-0.1, -0.05) is 12.1 Å². The van der Waals surface area contributed by atoms with Crippen molar-refractivity contribution in [2.45, 2.75) is 12.5 Å². The topological polar surface area (TPSA) is 96.7 Å². The van der Waals surface area contributed by atoms with Crippen LogP contribution in [0, 0.1) is 11.3 Å². The summed E-state index contributed by atoms with van der Waals surface area (Å²) in [6, 6.07) is 7.80. The number of hydrogen-bond acceptors (Lipinski definition) is 5. The Kier molecular flexibility index (Phi) is 5.68. The van der Waals surface area contributed by atoms with Gasteiger partial charge < -0.3 is 15.3 Å². The number of aliphatic carboxylic acids is 1. The van der Waals surface area contributed by atoms with Crippen molar-refractivity contribution < 1.29 is 14.7 Å². The van der Waals surface area contributed by atoms with E-state index in [-0.39, 0.29) is 6.42 Å². The van der Waals surface area contributed by atoms with Crippen molar-refractivity contribution in [3.05, 3.63) is 29.8 Å². The lowest BCUT2D eigenvalue weighted by atomic mass is 10.1. The normalized spacial score (nSPS) is 17.2. The summed E-state index contributed by atoms with van der Waals surface area (Å²) in [5.74, 6) is -1.41. The first kappa shape index (κ1) is 16.9. The van der Waals surface area contributed by atoms with Crippen molar-refractivity contribution in [2.75, 3.05) is 38.5 Å². The average Bonchev–Trinajstić information content (AvgIpc) is 2.54. The number of carbonyl (C=O) groups excluding carboxylic acids is 1. The number of likely N-dealkylation sites (N-methyl/N-ethyl adjacent to an activating group) is 1. The van der Waals surface area contributed by atoms with E-state index >= 15 is 0 Å². The van der Waals surface area contributed by atoms with E-state index in [0.29, 0.717) is 24.3 Å². The van der Waals surface area contributed by atoms with Crippen molar-refractivity contribution in [1.82, 2.24) is 9.80 Å². The number of anilines is 1. The Labute approximate surface area is 135 Å². The third-order valence-electron chi connectivity index (χ3n) is 3.96. The highest BCUT2D eigenvalue weighted by Crippen LogP contribution is 2.15. The molecule has 1 aliphatic heterocycles. The van der Waals surface area contributed by atoms with Crippen LogP contribution in [-0.4, -0.2) is 66.1 Å². The number of hydrogen-bond donors (Lipinski definition) is 2. The summed E-state index contributed by atoms with van der Waals surface area (Å²) in [6.45, 7) is 2.80. The van der Waals surface area contributed by atoms with E-state index in [0.717, 1.165) is 13.1 Å². The predicted octanol–water partition coefficient (Wildman–Crippen LogP) is 0.587.